The molecule has 124 valence electrons. The number of rotatable bonds is 3. The molecular weight excluding hydrogens is 301 g/mol. The van der Waals surface area contributed by atoms with Gasteiger partial charge in [-0.25, -0.2) is 4.39 Å². The van der Waals surface area contributed by atoms with E-state index in [1.165, 1.54) is 12.1 Å². The van der Waals surface area contributed by atoms with Crippen molar-refractivity contribution < 1.29 is 19.1 Å². The Hall–Kier alpha value is -1.99. The number of likely N-dealkylation sites (N-methyl/N-ethyl adjacent to an activating group) is 1. The number of benzene rings is 1. The number of hydrogen-bond donors (Lipinski definition) is 1. The Kier molecular flexibility index (Phi) is 4.08. The van der Waals surface area contributed by atoms with Crippen LogP contribution in [0.1, 0.15) is 6.42 Å². The van der Waals surface area contributed by atoms with Crippen LogP contribution < -0.4 is 4.90 Å². The average Bonchev–Trinajstić information content (AvgIpc) is 2.86. The highest BCUT2D eigenvalue weighted by atomic mass is 19.1. The second-order valence-corrected chi connectivity index (χ2v) is 6.39. The molecule has 0 saturated carbocycles. The fourth-order valence-electron chi connectivity index (χ4n) is 3.55. The molecule has 2 aliphatic rings. The van der Waals surface area contributed by atoms with Crippen molar-refractivity contribution in [1.29, 1.82) is 0 Å². The SMILES string of the molecule is CN1CC(=O)N(c2cccc(F)c2)CC12CCN(CC(=O)O)C2. The third-order valence-corrected chi connectivity index (χ3v) is 4.83. The maximum Gasteiger partial charge on any atom is 0.317 e. The number of halogens is 1. The molecule has 1 atom stereocenters. The molecule has 0 radical (unpaired) electrons. The average molecular weight is 321 g/mol. The van der Waals surface area contributed by atoms with Crippen molar-refractivity contribution in [2.75, 3.05) is 44.7 Å². The number of carbonyl (C=O) groups is 2. The zero-order chi connectivity index (χ0) is 16.6. The molecule has 2 aliphatic heterocycles. The molecule has 7 heteroatoms. The molecule has 0 aromatic heterocycles. The summed E-state index contributed by atoms with van der Waals surface area (Å²) in [6, 6.07) is 6.03. The molecule has 1 unspecified atom stereocenters. The van der Waals surface area contributed by atoms with Gasteiger partial charge in [0.2, 0.25) is 5.91 Å². The Morgan fingerprint density at radius 3 is 2.87 bits per heavy atom. The van der Waals surface area contributed by atoms with E-state index in [9.17, 15) is 14.0 Å². The zero-order valence-corrected chi connectivity index (χ0v) is 13.0. The Morgan fingerprint density at radius 2 is 2.17 bits per heavy atom. The molecule has 2 fully saturated rings. The van der Waals surface area contributed by atoms with E-state index in [-0.39, 0.29) is 30.4 Å². The first-order chi connectivity index (χ1) is 10.9. The Labute approximate surface area is 134 Å². The molecule has 1 N–H and O–H groups in total. The summed E-state index contributed by atoms with van der Waals surface area (Å²) in [5.41, 5.74) is 0.273. The minimum absolute atomic E-state index is 0.00347. The van der Waals surface area contributed by atoms with Crippen LogP contribution in [0.15, 0.2) is 24.3 Å². The standard InChI is InChI=1S/C16H20FN3O3/c1-18-8-14(21)20(13-4-2-3-12(17)7-13)11-16(18)5-6-19(10-16)9-15(22)23/h2-4,7H,5-6,8-11H2,1H3,(H,22,23). The van der Waals surface area contributed by atoms with Gasteiger partial charge in [0, 0.05) is 25.3 Å². The molecule has 0 bridgehead atoms. The fraction of sp³-hybridized carbons (Fsp3) is 0.500. The number of likely N-dealkylation sites (tertiary alicyclic amines) is 1. The van der Waals surface area contributed by atoms with Gasteiger partial charge in [0.05, 0.1) is 18.6 Å². The summed E-state index contributed by atoms with van der Waals surface area (Å²) >= 11 is 0. The number of amides is 1. The van der Waals surface area contributed by atoms with Crippen molar-refractivity contribution in [3.63, 3.8) is 0 Å². The monoisotopic (exact) mass is 321 g/mol. The number of carboxylic acids is 1. The molecule has 1 aromatic carbocycles. The van der Waals surface area contributed by atoms with Crippen LogP contribution in [0.4, 0.5) is 10.1 Å². The summed E-state index contributed by atoms with van der Waals surface area (Å²) in [6.07, 6.45) is 0.788. The first-order valence-electron chi connectivity index (χ1n) is 7.61. The molecule has 2 heterocycles. The van der Waals surface area contributed by atoms with E-state index in [1.54, 1.807) is 17.0 Å². The molecule has 3 rings (SSSR count). The maximum atomic E-state index is 13.5. The van der Waals surface area contributed by atoms with E-state index in [1.807, 2.05) is 16.8 Å². The van der Waals surface area contributed by atoms with Gasteiger partial charge in [-0.15, -0.1) is 0 Å². The summed E-state index contributed by atoms with van der Waals surface area (Å²) in [5, 5.41) is 8.97. The van der Waals surface area contributed by atoms with E-state index < -0.39 is 5.97 Å². The summed E-state index contributed by atoms with van der Waals surface area (Å²) < 4.78 is 13.5. The number of anilines is 1. The van der Waals surface area contributed by atoms with E-state index in [0.717, 1.165) is 6.42 Å². The summed E-state index contributed by atoms with van der Waals surface area (Å²) in [7, 11) is 1.89. The van der Waals surface area contributed by atoms with Crippen molar-refractivity contribution in [1.82, 2.24) is 9.80 Å². The number of piperazine rings is 1. The van der Waals surface area contributed by atoms with Crippen LogP contribution in [0.3, 0.4) is 0 Å². The highest BCUT2D eigenvalue weighted by Gasteiger charge is 2.47. The van der Waals surface area contributed by atoms with Crippen LogP contribution in [0.25, 0.3) is 0 Å². The molecular formula is C16H20FN3O3. The van der Waals surface area contributed by atoms with Crippen LogP contribution >= 0.6 is 0 Å². The zero-order valence-electron chi connectivity index (χ0n) is 13.0. The smallest absolute Gasteiger partial charge is 0.317 e. The van der Waals surface area contributed by atoms with Gasteiger partial charge in [-0.2, -0.15) is 0 Å². The van der Waals surface area contributed by atoms with Crippen molar-refractivity contribution in [2.45, 2.75) is 12.0 Å². The van der Waals surface area contributed by atoms with Crippen LogP contribution in [-0.2, 0) is 9.59 Å². The third-order valence-electron chi connectivity index (χ3n) is 4.83. The highest BCUT2D eigenvalue weighted by molar-refractivity contribution is 5.96. The molecule has 23 heavy (non-hydrogen) atoms. The van der Waals surface area contributed by atoms with Gasteiger partial charge in [0.1, 0.15) is 5.82 Å². The van der Waals surface area contributed by atoms with Crippen LogP contribution in [0, 0.1) is 5.82 Å². The Morgan fingerprint density at radius 1 is 1.39 bits per heavy atom. The van der Waals surface area contributed by atoms with Crippen molar-refractivity contribution >= 4 is 17.6 Å². The number of carboxylic acid groups (broad SMARTS) is 1. The molecule has 1 spiro atoms. The summed E-state index contributed by atoms with van der Waals surface area (Å²) in [5.74, 6) is -1.29. The first-order valence-corrected chi connectivity index (χ1v) is 7.61. The van der Waals surface area contributed by atoms with E-state index in [0.29, 0.717) is 25.3 Å². The lowest BCUT2D eigenvalue weighted by molar-refractivity contribution is -0.138. The Balaban J connectivity index is 1.82. The van der Waals surface area contributed by atoms with E-state index in [2.05, 4.69) is 0 Å². The predicted molar refractivity (Wildman–Crippen MR) is 82.8 cm³/mol. The lowest BCUT2D eigenvalue weighted by atomic mass is 9.92. The molecule has 0 aliphatic carbocycles. The minimum atomic E-state index is -0.849. The Bertz CT molecular complexity index is 639. The van der Waals surface area contributed by atoms with Gasteiger partial charge < -0.3 is 10.0 Å². The van der Waals surface area contributed by atoms with E-state index >= 15 is 0 Å². The van der Waals surface area contributed by atoms with Gasteiger partial charge in [-0.3, -0.25) is 19.4 Å². The second kappa shape index (κ2) is 5.90. The van der Waals surface area contributed by atoms with Crippen LogP contribution in [0.2, 0.25) is 0 Å². The number of hydrogen-bond acceptors (Lipinski definition) is 4. The second-order valence-electron chi connectivity index (χ2n) is 6.39. The normalized spacial score (nSPS) is 26.2. The molecule has 6 nitrogen and oxygen atoms in total. The maximum absolute atomic E-state index is 13.5. The minimum Gasteiger partial charge on any atom is -0.480 e. The van der Waals surface area contributed by atoms with Gasteiger partial charge in [0.15, 0.2) is 0 Å². The lowest BCUT2D eigenvalue weighted by Gasteiger charge is -2.47. The van der Waals surface area contributed by atoms with Crippen molar-refractivity contribution in [3.05, 3.63) is 30.1 Å². The largest absolute Gasteiger partial charge is 0.480 e. The molecule has 1 aromatic rings. The molecule has 1 amide bonds. The number of carbonyl (C=O) groups excluding carboxylic acids is 1. The third kappa shape index (κ3) is 3.07. The topological polar surface area (TPSA) is 64.1 Å². The first kappa shape index (κ1) is 15.9. The van der Waals surface area contributed by atoms with Crippen molar-refractivity contribution in [3.8, 4) is 0 Å². The quantitative estimate of drug-likeness (QED) is 0.885. The summed E-state index contributed by atoms with van der Waals surface area (Å²) in [6.45, 7) is 1.97. The van der Waals surface area contributed by atoms with Gasteiger partial charge >= 0.3 is 5.97 Å². The van der Waals surface area contributed by atoms with Gasteiger partial charge in [-0.05, 0) is 31.7 Å². The van der Waals surface area contributed by atoms with Crippen molar-refractivity contribution in [2.24, 2.45) is 0 Å². The predicted octanol–water partition coefficient (Wildman–Crippen LogP) is 0.633. The number of nitrogens with zero attached hydrogens (tertiary/aromatic N) is 3. The highest BCUT2D eigenvalue weighted by Crippen LogP contribution is 2.33. The van der Waals surface area contributed by atoms with Crippen LogP contribution in [0.5, 0.6) is 0 Å². The van der Waals surface area contributed by atoms with E-state index in [4.69, 9.17) is 5.11 Å². The fourth-order valence-corrected chi connectivity index (χ4v) is 3.55. The summed E-state index contributed by atoms with van der Waals surface area (Å²) in [4.78, 5) is 28.8. The van der Waals surface area contributed by atoms with Gasteiger partial charge in [0.25, 0.3) is 0 Å². The number of aliphatic carboxylic acids is 1. The molecule has 2 saturated heterocycles. The van der Waals surface area contributed by atoms with Gasteiger partial charge in [-0.1, -0.05) is 6.07 Å². The van der Waals surface area contributed by atoms with Crippen LogP contribution in [-0.4, -0.2) is 72.1 Å². The lowest BCUT2D eigenvalue weighted by Crippen LogP contribution is -2.64.